The summed E-state index contributed by atoms with van der Waals surface area (Å²) in [7, 11) is 0. The molecule has 2 bridgehead atoms. The van der Waals surface area contributed by atoms with Crippen LogP contribution in [0.15, 0.2) is 0 Å². The number of hydrogen-bond donors (Lipinski definition) is 0. The summed E-state index contributed by atoms with van der Waals surface area (Å²) in [6.45, 7) is 10.9. The van der Waals surface area contributed by atoms with Gasteiger partial charge in [0.2, 0.25) is 0 Å². The molecule has 0 radical (unpaired) electrons. The highest BCUT2D eigenvalue weighted by Gasteiger charge is 2.63. The Morgan fingerprint density at radius 1 is 1.33 bits per heavy atom. The Morgan fingerprint density at radius 2 is 2.05 bits per heavy atom. The van der Waals surface area contributed by atoms with Crippen molar-refractivity contribution < 1.29 is 14.3 Å². The quantitative estimate of drug-likeness (QED) is 0.702. The summed E-state index contributed by atoms with van der Waals surface area (Å²) >= 11 is 0. The Hall–Kier alpha value is -0.410. The molecule has 1 saturated heterocycles. The van der Waals surface area contributed by atoms with Gasteiger partial charge in [-0.1, -0.05) is 27.7 Å². The molecular weight excluding hydrogens is 264 g/mol. The third-order valence-corrected chi connectivity index (χ3v) is 7.52. The molecule has 120 valence electrons. The predicted molar refractivity (Wildman–Crippen MR) is 82.1 cm³/mol. The molecule has 3 heteroatoms. The van der Waals surface area contributed by atoms with E-state index in [0.29, 0.717) is 17.9 Å². The molecule has 3 nitrogen and oxygen atoms in total. The Kier molecular flexibility index (Phi) is 3.73. The Labute approximate surface area is 128 Å². The second-order valence-corrected chi connectivity index (χ2v) is 8.33. The summed E-state index contributed by atoms with van der Waals surface area (Å²) in [6, 6.07) is 0. The van der Waals surface area contributed by atoms with E-state index in [1.807, 2.05) is 0 Å². The van der Waals surface area contributed by atoms with Crippen molar-refractivity contribution >= 4 is 6.29 Å². The van der Waals surface area contributed by atoms with Gasteiger partial charge in [0, 0.05) is 11.8 Å². The van der Waals surface area contributed by atoms with Crippen LogP contribution >= 0.6 is 0 Å². The van der Waals surface area contributed by atoms with Gasteiger partial charge in [-0.05, 0) is 42.4 Å². The average molecular weight is 294 g/mol. The van der Waals surface area contributed by atoms with E-state index < -0.39 is 0 Å². The summed E-state index contributed by atoms with van der Waals surface area (Å²) in [5, 5.41) is 0. The van der Waals surface area contributed by atoms with E-state index in [1.165, 1.54) is 19.3 Å². The van der Waals surface area contributed by atoms with Crippen molar-refractivity contribution in [3.8, 4) is 0 Å². The zero-order chi connectivity index (χ0) is 15.3. The van der Waals surface area contributed by atoms with Crippen LogP contribution in [0.1, 0.15) is 59.8 Å². The first kappa shape index (κ1) is 15.5. The van der Waals surface area contributed by atoms with E-state index in [9.17, 15) is 4.79 Å². The van der Waals surface area contributed by atoms with Crippen molar-refractivity contribution in [2.45, 2.75) is 72.0 Å². The highest BCUT2D eigenvalue weighted by Crippen LogP contribution is 2.66. The van der Waals surface area contributed by atoms with Crippen molar-refractivity contribution in [1.82, 2.24) is 0 Å². The van der Waals surface area contributed by atoms with Crippen LogP contribution in [0.2, 0.25) is 0 Å². The lowest BCUT2D eigenvalue weighted by Gasteiger charge is -2.49. The van der Waals surface area contributed by atoms with Gasteiger partial charge in [0.25, 0.3) is 0 Å². The smallest absolute Gasteiger partial charge is 0.122 e. The molecule has 4 atom stereocenters. The second-order valence-electron chi connectivity index (χ2n) is 8.33. The third kappa shape index (κ3) is 2.03. The minimum Gasteiger partial charge on any atom is -0.380 e. The maximum Gasteiger partial charge on any atom is 0.122 e. The summed E-state index contributed by atoms with van der Waals surface area (Å²) in [5.74, 6) is 0.777. The minimum atomic E-state index is 0.0331. The summed E-state index contributed by atoms with van der Waals surface area (Å²) in [4.78, 5) is 11.1. The molecule has 3 aliphatic rings. The van der Waals surface area contributed by atoms with Gasteiger partial charge >= 0.3 is 0 Å². The topological polar surface area (TPSA) is 35.5 Å². The molecule has 4 unspecified atom stereocenters. The first-order valence-electron chi connectivity index (χ1n) is 8.56. The first-order chi connectivity index (χ1) is 9.89. The van der Waals surface area contributed by atoms with Gasteiger partial charge < -0.3 is 14.3 Å². The van der Waals surface area contributed by atoms with Crippen molar-refractivity contribution in [3.63, 3.8) is 0 Å². The Balaban J connectivity index is 1.77. The van der Waals surface area contributed by atoms with Crippen molar-refractivity contribution in [3.05, 3.63) is 0 Å². The molecule has 0 amide bonds. The molecule has 3 rings (SSSR count). The number of hydrogen-bond acceptors (Lipinski definition) is 3. The predicted octanol–water partition coefficient (Wildman–Crippen LogP) is 3.60. The fraction of sp³-hybridized carbons (Fsp3) is 0.944. The van der Waals surface area contributed by atoms with Crippen molar-refractivity contribution in [2.24, 2.45) is 22.2 Å². The third-order valence-electron chi connectivity index (χ3n) is 7.52. The molecule has 2 aliphatic carbocycles. The average Bonchev–Trinajstić information content (AvgIpc) is 2.71. The number of fused-ring (bicyclic) bond motifs is 2. The monoisotopic (exact) mass is 294 g/mol. The number of rotatable bonds is 6. The van der Waals surface area contributed by atoms with Crippen LogP contribution < -0.4 is 0 Å². The van der Waals surface area contributed by atoms with Crippen LogP contribution in [-0.2, 0) is 14.3 Å². The lowest BCUT2D eigenvalue weighted by Crippen LogP contribution is -2.54. The highest BCUT2D eigenvalue weighted by atomic mass is 16.5. The largest absolute Gasteiger partial charge is 0.380 e. The van der Waals surface area contributed by atoms with Gasteiger partial charge in [-0.15, -0.1) is 0 Å². The zero-order valence-corrected chi connectivity index (χ0v) is 14.0. The summed E-state index contributed by atoms with van der Waals surface area (Å²) in [6.07, 6.45) is 6.67. The molecule has 0 aromatic rings. The molecule has 0 N–H and O–H groups in total. The molecule has 21 heavy (non-hydrogen) atoms. The van der Waals surface area contributed by atoms with E-state index in [1.54, 1.807) is 0 Å². The number of aldehydes is 1. The lowest BCUT2D eigenvalue weighted by molar-refractivity contribution is -0.216. The van der Waals surface area contributed by atoms with Gasteiger partial charge in [0.1, 0.15) is 6.29 Å². The van der Waals surface area contributed by atoms with Crippen molar-refractivity contribution in [2.75, 3.05) is 13.2 Å². The first-order valence-corrected chi connectivity index (χ1v) is 8.56. The standard InChI is InChI=1S/C18H30O3/c1-5-18(11-20-12-18)14(7-9-19)21-15-10-13-6-8-17(15,4)16(13,2)3/h9,13-15H,5-8,10-12H2,1-4H3. The molecule has 1 aliphatic heterocycles. The van der Waals surface area contributed by atoms with Crippen LogP contribution in [0, 0.1) is 22.2 Å². The number of ether oxygens (including phenoxy) is 2. The number of carbonyl (C=O) groups excluding carboxylic acids is 1. The van der Waals surface area contributed by atoms with E-state index in [4.69, 9.17) is 9.47 Å². The van der Waals surface area contributed by atoms with Crippen LogP contribution in [0.4, 0.5) is 0 Å². The highest BCUT2D eigenvalue weighted by molar-refractivity contribution is 5.50. The van der Waals surface area contributed by atoms with Gasteiger partial charge in [-0.2, -0.15) is 0 Å². The molecular formula is C18H30O3. The molecule has 1 heterocycles. The van der Waals surface area contributed by atoms with Gasteiger partial charge in [0.15, 0.2) is 0 Å². The molecule has 0 aromatic carbocycles. The van der Waals surface area contributed by atoms with Crippen LogP contribution in [0.25, 0.3) is 0 Å². The fourth-order valence-electron chi connectivity index (χ4n) is 5.05. The maximum atomic E-state index is 11.1. The van der Waals surface area contributed by atoms with E-state index in [0.717, 1.165) is 31.8 Å². The van der Waals surface area contributed by atoms with Gasteiger partial charge in [-0.25, -0.2) is 0 Å². The molecule has 3 fully saturated rings. The maximum absolute atomic E-state index is 11.1. The van der Waals surface area contributed by atoms with E-state index >= 15 is 0 Å². The minimum absolute atomic E-state index is 0.0331. The second kappa shape index (κ2) is 5.06. The lowest BCUT2D eigenvalue weighted by atomic mass is 9.69. The van der Waals surface area contributed by atoms with E-state index in [-0.39, 0.29) is 16.9 Å². The molecule has 0 spiro atoms. The van der Waals surface area contributed by atoms with E-state index in [2.05, 4.69) is 27.7 Å². The molecule has 0 aromatic heterocycles. The van der Waals surface area contributed by atoms with Gasteiger partial charge in [-0.3, -0.25) is 0 Å². The SMILES string of the molecule is CCC1(C(CC=O)OC2CC3CCC2(C)C3(C)C)COC1. The zero-order valence-electron chi connectivity index (χ0n) is 14.0. The van der Waals surface area contributed by atoms with Crippen molar-refractivity contribution in [1.29, 1.82) is 0 Å². The summed E-state index contributed by atoms with van der Waals surface area (Å²) in [5.41, 5.74) is 0.695. The normalized spacial score (nSPS) is 40.8. The van der Waals surface area contributed by atoms with Crippen LogP contribution in [0.5, 0.6) is 0 Å². The summed E-state index contributed by atoms with van der Waals surface area (Å²) < 4.78 is 12.1. The van der Waals surface area contributed by atoms with Gasteiger partial charge in [0.05, 0.1) is 25.4 Å². The number of carbonyl (C=O) groups is 1. The van der Waals surface area contributed by atoms with Crippen LogP contribution in [0.3, 0.4) is 0 Å². The Morgan fingerprint density at radius 3 is 2.43 bits per heavy atom. The Bertz CT molecular complexity index is 407. The fourth-order valence-corrected chi connectivity index (χ4v) is 5.05. The van der Waals surface area contributed by atoms with Crippen LogP contribution in [-0.4, -0.2) is 31.7 Å². The molecule has 2 saturated carbocycles.